The molecule has 0 atom stereocenters. The molecule has 0 bridgehead atoms. The number of hydrogen-bond donors (Lipinski definition) is 2. The van der Waals surface area contributed by atoms with Crippen LogP contribution in [0.4, 0.5) is 11.4 Å². The minimum absolute atomic E-state index is 0.302. The van der Waals surface area contributed by atoms with Gasteiger partial charge in [0.1, 0.15) is 0 Å². The molecule has 2 aromatic carbocycles. The Labute approximate surface area is 152 Å². The number of benzene rings is 2. The zero-order valence-electron chi connectivity index (χ0n) is 14.6. The molecule has 26 heavy (non-hydrogen) atoms. The summed E-state index contributed by atoms with van der Waals surface area (Å²) in [6, 6.07) is 16.5. The third-order valence-electron chi connectivity index (χ3n) is 4.01. The molecule has 0 aliphatic heterocycles. The van der Waals surface area contributed by atoms with Crippen molar-refractivity contribution in [1.82, 2.24) is 4.98 Å². The van der Waals surface area contributed by atoms with Gasteiger partial charge in [-0.05, 0) is 43.2 Å². The van der Waals surface area contributed by atoms with Crippen LogP contribution in [0, 0.1) is 13.8 Å². The van der Waals surface area contributed by atoms with Gasteiger partial charge in [0.05, 0.1) is 11.1 Å². The van der Waals surface area contributed by atoms with E-state index in [9.17, 15) is 9.59 Å². The number of nitrogens with zero attached hydrogens (tertiary/aromatic N) is 1. The lowest BCUT2D eigenvalue weighted by Gasteiger charge is -2.12. The second-order valence-electron chi connectivity index (χ2n) is 6.00. The van der Waals surface area contributed by atoms with Crippen LogP contribution in [0.2, 0.25) is 0 Å². The van der Waals surface area contributed by atoms with Gasteiger partial charge >= 0.3 is 0 Å². The van der Waals surface area contributed by atoms with Crippen LogP contribution in [0.1, 0.15) is 31.8 Å². The predicted octanol–water partition coefficient (Wildman–Crippen LogP) is 4.20. The van der Waals surface area contributed by atoms with Gasteiger partial charge in [-0.3, -0.25) is 14.6 Å². The van der Waals surface area contributed by atoms with E-state index in [1.807, 2.05) is 50.2 Å². The van der Waals surface area contributed by atoms with Crippen molar-refractivity contribution in [3.05, 3.63) is 89.2 Å². The van der Waals surface area contributed by atoms with Crippen molar-refractivity contribution in [2.45, 2.75) is 13.8 Å². The van der Waals surface area contributed by atoms with E-state index in [0.717, 1.165) is 16.8 Å². The normalized spacial score (nSPS) is 10.2. The van der Waals surface area contributed by atoms with Crippen molar-refractivity contribution in [3.63, 3.8) is 0 Å². The van der Waals surface area contributed by atoms with Gasteiger partial charge in [0.25, 0.3) is 11.8 Å². The smallest absolute Gasteiger partial charge is 0.257 e. The zero-order valence-corrected chi connectivity index (χ0v) is 14.6. The van der Waals surface area contributed by atoms with Gasteiger partial charge in [-0.1, -0.05) is 36.4 Å². The van der Waals surface area contributed by atoms with Crippen molar-refractivity contribution in [1.29, 1.82) is 0 Å². The number of para-hydroxylation sites is 2. The maximum atomic E-state index is 12.6. The van der Waals surface area contributed by atoms with Gasteiger partial charge in [-0.15, -0.1) is 0 Å². The molecule has 1 heterocycles. The molecule has 3 rings (SSSR count). The number of carbonyl (C=O) groups excluding carboxylic acids is 2. The molecular formula is C21H19N3O2. The second kappa shape index (κ2) is 7.61. The molecule has 0 aliphatic rings. The molecule has 3 aromatic rings. The lowest BCUT2D eigenvalue weighted by molar-refractivity contribution is 0.102. The predicted molar refractivity (Wildman–Crippen MR) is 103 cm³/mol. The Morgan fingerprint density at radius 3 is 1.96 bits per heavy atom. The monoisotopic (exact) mass is 345 g/mol. The maximum absolute atomic E-state index is 12.6. The average Bonchev–Trinajstić information content (AvgIpc) is 2.65. The van der Waals surface area contributed by atoms with Crippen LogP contribution in [0.3, 0.4) is 0 Å². The molecular weight excluding hydrogens is 326 g/mol. The lowest BCUT2D eigenvalue weighted by Crippen LogP contribution is -2.17. The number of carbonyl (C=O) groups is 2. The number of rotatable bonds is 4. The van der Waals surface area contributed by atoms with Crippen LogP contribution >= 0.6 is 0 Å². The Morgan fingerprint density at radius 2 is 1.35 bits per heavy atom. The van der Waals surface area contributed by atoms with Gasteiger partial charge in [0.2, 0.25) is 0 Å². The largest absolute Gasteiger partial charge is 0.322 e. The first kappa shape index (κ1) is 17.4. The van der Waals surface area contributed by atoms with E-state index >= 15 is 0 Å². The average molecular weight is 345 g/mol. The number of aromatic nitrogens is 1. The Kier molecular flexibility index (Phi) is 5.08. The molecule has 0 saturated heterocycles. The molecule has 2 N–H and O–H groups in total. The van der Waals surface area contributed by atoms with Gasteiger partial charge in [0.15, 0.2) is 0 Å². The van der Waals surface area contributed by atoms with Crippen molar-refractivity contribution in [3.8, 4) is 0 Å². The summed E-state index contributed by atoms with van der Waals surface area (Å²) in [4.78, 5) is 29.0. The molecule has 0 radical (unpaired) electrons. The molecule has 0 saturated carbocycles. The van der Waals surface area contributed by atoms with E-state index in [1.165, 1.54) is 18.5 Å². The fourth-order valence-corrected chi connectivity index (χ4v) is 2.61. The van der Waals surface area contributed by atoms with Gasteiger partial charge < -0.3 is 10.6 Å². The highest BCUT2D eigenvalue weighted by Gasteiger charge is 2.13. The molecule has 0 unspecified atom stereocenters. The highest BCUT2D eigenvalue weighted by atomic mass is 16.2. The summed E-state index contributed by atoms with van der Waals surface area (Å²) in [6.07, 6.45) is 2.89. The van der Waals surface area contributed by atoms with Gasteiger partial charge in [-0.25, -0.2) is 0 Å². The second-order valence-corrected chi connectivity index (χ2v) is 6.00. The first-order valence-electron chi connectivity index (χ1n) is 8.23. The van der Waals surface area contributed by atoms with E-state index < -0.39 is 0 Å². The van der Waals surface area contributed by atoms with Gasteiger partial charge in [0, 0.05) is 23.8 Å². The molecule has 2 amide bonds. The third kappa shape index (κ3) is 3.95. The van der Waals surface area contributed by atoms with Crippen molar-refractivity contribution < 1.29 is 9.59 Å². The topological polar surface area (TPSA) is 71.1 Å². The van der Waals surface area contributed by atoms with E-state index in [2.05, 4.69) is 15.6 Å². The first-order chi connectivity index (χ1) is 12.5. The Hall–Kier alpha value is -3.47. The molecule has 0 aliphatic carbocycles. The van der Waals surface area contributed by atoms with Crippen LogP contribution in [0.25, 0.3) is 0 Å². The Morgan fingerprint density at radius 1 is 0.769 bits per heavy atom. The standard InChI is InChI=1S/C21H19N3O2/c1-14-7-6-8-15(2)19(14)24-21(26)17-11-16(12-22-13-17)20(25)23-18-9-4-3-5-10-18/h3-13H,1-2H3,(H,23,25)(H,24,26). The lowest BCUT2D eigenvalue weighted by atomic mass is 10.1. The molecule has 0 spiro atoms. The van der Waals surface area contributed by atoms with Crippen molar-refractivity contribution in [2.75, 3.05) is 10.6 Å². The minimum atomic E-state index is -0.314. The SMILES string of the molecule is Cc1cccc(C)c1NC(=O)c1cncc(C(=O)Nc2ccccc2)c1. The van der Waals surface area contributed by atoms with Crippen LogP contribution in [0.15, 0.2) is 67.0 Å². The number of amides is 2. The highest BCUT2D eigenvalue weighted by molar-refractivity contribution is 6.08. The maximum Gasteiger partial charge on any atom is 0.257 e. The summed E-state index contributed by atoms with van der Waals surface area (Å²) in [5, 5.41) is 5.68. The quantitative estimate of drug-likeness (QED) is 0.744. The van der Waals surface area contributed by atoms with Crippen LogP contribution in [0.5, 0.6) is 0 Å². The van der Waals surface area contributed by atoms with E-state index in [4.69, 9.17) is 0 Å². The van der Waals surface area contributed by atoms with E-state index in [-0.39, 0.29) is 11.8 Å². The number of aryl methyl sites for hydroxylation is 2. The summed E-state index contributed by atoms with van der Waals surface area (Å²) in [7, 11) is 0. The fourth-order valence-electron chi connectivity index (χ4n) is 2.61. The molecule has 5 nitrogen and oxygen atoms in total. The summed E-state index contributed by atoms with van der Waals surface area (Å²) in [5.74, 6) is -0.616. The summed E-state index contributed by atoms with van der Waals surface area (Å²) in [5.41, 5.74) is 4.06. The zero-order chi connectivity index (χ0) is 18.5. The summed E-state index contributed by atoms with van der Waals surface area (Å²) >= 11 is 0. The fraction of sp³-hybridized carbons (Fsp3) is 0.0952. The molecule has 130 valence electrons. The third-order valence-corrected chi connectivity index (χ3v) is 4.01. The van der Waals surface area contributed by atoms with Gasteiger partial charge in [-0.2, -0.15) is 0 Å². The Balaban J connectivity index is 1.78. The van der Waals surface area contributed by atoms with Crippen LogP contribution < -0.4 is 10.6 Å². The summed E-state index contributed by atoms with van der Waals surface area (Å²) < 4.78 is 0. The molecule has 0 fully saturated rings. The summed E-state index contributed by atoms with van der Waals surface area (Å²) in [6.45, 7) is 3.87. The van der Waals surface area contributed by atoms with Crippen LogP contribution in [-0.2, 0) is 0 Å². The highest BCUT2D eigenvalue weighted by Crippen LogP contribution is 2.20. The first-order valence-corrected chi connectivity index (χ1v) is 8.23. The number of anilines is 2. The number of pyridine rings is 1. The molecule has 1 aromatic heterocycles. The number of hydrogen-bond acceptors (Lipinski definition) is 3. The van der Waals surface area contributed by atoms with Crippen LogP contribution in [-0.4, -0.2) is 16.8 Å². The van der Waals surface area contributed by atoms with E-state index in [0.29, 0.717) is 16.8 Å². The van der Waals surface area contributed by atoms with Crippen molar-refractivity contribution >= 4 is 23.2 Å². The Bertz CT molecular complexity index is 932. The number of nitrogens with one attached hydrogen (secondary N) is 2. The van der Waals surface area contributed by atoms with Crippen molar-refractivity contribution in [2.24, 2.45) is 0 Å². The minimum Gasteiger partial charge on any atom is -0.322 e. The molecule has 5 heteroatoms. The van der Waals surface area contributed by atoms with E-state index in [1.54, 1.807) is 12.1 Å².